The zero-order chi connectivity index (χ0) is 21.6. The smallest absolute Gasteiger partial charge is 0.303 e. The van der Waals surface area contributed by atoms with E-state index in [4.69, 9.17) is 19.2 Å². The molecule has 1 aromatic rings. The van der Waals surface area contributed by atoms with E-state index < -0.39 is 7.82 Å². The number of rotatable bonds is 12. The van der Waals surface area contributed by atoms with Gasteiger partial charge in [-0.15, -0.1) is 0 Å². The highest BCUT2D eigenvalue weighted by Gasteiger charge is 2.12. The van der Waals surface area contributed by atoms with Crippen molar-refractivity contribution in [2.24, 2.45) is 11.8 Å². The standard InChI is InChI=1S/C23H40.H3O4P/c1-6-10-12-20(8-3)16-22-15-14-19(5)23(18-22)17-21(9-4)13-11-7-2;1-5(2,3)4/h14-15,18,20-21H,6-13,16-17H2,1-5H3;(H3,1,2,3,4). The fourth-order valence-electron chi connectivity index (χ4n) is 3.60. The Kier molecular flexibility index (Phi) is 14.8. The largest absolute Gasteiger partial charge is 0.466 e. The minimum absolute atomic E-state index is 0.867. The van der Waals surface area contributed by atoms with Crippen LogP contribution in [-0.2, 0) is 17.4 Å². The molecule has 0 spiro atoms. The fourth-order valence-corrected chi connectivity index (χ4v) is 3.60. The number of hydrogen-bond donors (Lipinski definition) is 3. The molecule has 0 radical (unpaired) electrons. The first-order chi connectivity index (χ1) is 13.1. The number of unbranched alkanes of at least 4 members (excludes halogenated alkanes) is 2. The van der Waals surface area contributed by atoms with E-state index in [1.807, 2.05) is 0 Å². The first-order valence-electron chi connectivity index (χ1n) is 11.0. The summed E-state index contributed by atoms with van der Waals surface area (Å²) < 4.78 is 8.88. The van der Waals surface area contributed by atoms with E-state index in [0.717, 1.165) is 11.8 Å². The minimum Gasteiger partial charge on any atom is -0.303 e. The van der Waals surface area contributed by atoms with E-state index in [1.165, 1.54) is 69.8 Å². The summed E-state index contributed by atoms with van der Waals surface area (Å²) in [5.74, 6) is 1.73. The maximum Gasteiger partial charge on any atom is 0.466 e. The molecule has 1 rings (SSSR count). The van der Waals surface area contributed by atoms with Gasteiger partial charge in [0.2, 0.25) is 0 Å². The van der Waals surface area contributed by atoms with E-state index in [-0.39, 0.29) is 0 Å². The van der Waals surface area contributed by atoms with Crippen LogP contribution in [0.15, 0.2) is 18.2 Å². The summed E-state index contributed by atoms with van der Waals surface area (Å²) >= 11 is 0. The molecule has 5 heteroatoms. The SMILES string of the molecule is CCCCC(CC)Cc1ccc(C)c(CC(CC)CCCC)c1.O=P(O)(O)O. The third kappa shape index (κ3) is 14.3. The van der Waals surface area contributed by atoms with Crippen molar-refractivity contribution < 1.29 is 19.2 Å². The lowest BCUT2D eigenvalue weighted by molar-refractivity contribution is 0.275. The molecule has 2 atom stereocenters. The van der Waals surface area contributed by atoms with Gasteiger partial charge in [-0.25, -0.2) is 4.57 Å². The van der Waals surface area contributed by atoms with E-state index in [1.54, 1.807) is 11.1 Å². The number of benzene rings is 1. The van der Waals surface area contributed by atoms with Crippen LogP contribution < -0.4 is 0 Å². The van der Waals surface area contributed by atoms with Crippen LogP contribution in [0.4, 0.5) is 0 Å². The topological polar surface area (TPSA) is 77.8 Å². The molecule has 164 valence electrons. The summed E-state index contributed by atoms with van der Waals surface area (Å²) in [5, 5.41) is 0. The Balaban J connectivity index is 0.00000129. The number of aryl methyl sites for hydroxylation is 1. The van der Waals surface area contributed by atoms with Gasteiger partial charge in [-0.05, 0) is 48.3 Å². The van der Waals surface area contributed by atoms with Gasteiger partial charge in [0.05, 0.1) is 0 Å². The number of hydrogen-bond acceptors (Lipinski definition) is 1. The van der Waals surface area contributed by atoms with E-state index >= 15 is 0 Å². The van der Waals surface area contributed by atoms with Crippen molar-refractivity contribution in [1.82, 2.24) is 0 Å². The Morgan fingerprint density at radius 1 is 0.857 bits per heavy atom. The van der Waals surface area contributed by atoms with Crippen LogP contribution in [0.2, 0.25) is 0 Å². The van der Waals surface area contributed by atoms with Crippen molar-refractivity contribution in [2.45, 2.75) is 98.8 Å². The average molecular weight is 415 g/mol. The molecule has 28 heavy (non-hydrogen) atoms. The molecule has 0 saturated heterocycles. The van der Waals surface area contributed by atoms with Crippen molar-refractivity contribution in [2.75, 3.05) is 0 Å². The molecule has 0 aliphatic heterocycles. The second-order valence-electron chi connectivity index (χ2n) is 8.02. The summed E-state index contributed by atoms with van der Waals surface area (Å²) in [4.78, 5) is 21.6. The fraction of sp³-hybridized carbons (Fsp3) is 0.739. The van der Waals surface area contributed by atoms with E-state index in [0.29, 0.717) is 0 Å². The van der Waals surface area contributed by atoms with Gasteiger partial charge in [0, 0.05) is 0 Å². The van der Waals surface area contributed by atoms with E-state index in [9.17, 15) is 0 Å². The summed E-state index contributed by atoms with van der Waals surface area (Å²) in [6.07, 6.45) is 13.4. The molecular weight excluding hydrogens is 371 g/mol. The Morgan fingerprint density at radius 3 is 1.75 bits per heavy atom. The zero-order valence-corrected chi connectivity index (χ0v) is 19.5. The molecule has 0 bridgehead atoms. The highest BCUT2D eigenvalue weighted by atomic mass is 31.2. The van der Waals surface area contributed by atoms with E-state index in [2.05, 4.69) is 52.8 Å². The van der Waals surface area contributed by atoms with Gasteiger partial charge >= 0.3 is 7.82 Å². The molecule has 0 aromatic heterocycles. The first-order valence-corrected chi connectivity index (χ1v) is 12.6. The Bertz CT molecular complexity index is 559. The molecule has 2 unspecified atom stereocenters. The minimum atomic E-state index is -4.64. The first kappa shape index (κ1) is 27.3. The Labute approximate surface area is 173 Å². The molecule has 1 aromatic carbocycles. The second kappa shape index (κ2) is 15.2. The summed E-state index contributed by atoms with van der Waals surface area (Å²) in [5.41, 5.74) is 4.67. The van der Waals surface area contributed by atoms with Crippen LogP contribution in [-0.4, -0.2) is 14.7 Å². The van der Waals surface area contributed by atoms with Gasteiger partial charge in [0.1, 0.15) is 0 Å². The lowest BCUT2D eigenvalue weighted by atomic mass is 9.87. The molecule has 4 nitrogen and oxygen atoms in total. The molecule has 0 aliphatic carbocycles. The molecule has 0 saturated carbocycles. The van der Waals surface area contributed by atoms with Gasteiger partial charge in [0.15, 0.2) is 0 Å². The molecule has 0 amide bonds. The van der Waals surface area contributed by atoms with Gasteiger partial charge < -0.3 is 14.7 Å². The lowest BCUT2D eigenvalue weighted by Crippen LogP contribution is -2.07. The highest BCUT2D eigenvalue weighted by molar-refractivity contribution is 7.45. The van der Waals surface area contributed by atoms with Crippen LogP contribution in [0.1, 0.15) is 95.8 Å². The molecule has 3 N–H and O–H groups in total. The van der Waals surface area contributed by atoms with Gasteiger partial charge in [-0.3, -0.25) is 0 Å². The Hall–Kier alpha value is -0.670. The molecule has 0 heterocycles. The third-order valence-corrected chi connectivity index (χ3v) is 5.53. The van der Waals surface area contributed by atoms with Gasteiger partial charge in [-0.1, -0.05) is 97.3 Å². The van der Waals surface area contributed by atoms with Crippen LogP contribution >= 0.6 is 7.82 Å². The maximum atomic E-state index is 8.88. The van der Waals surface area contributed by atoms with Crippen LogP contribution in [0.5, 0.6) is 0 Å². The summed E-state index contributed by atoms with van der Waals surface area (Å²) in [7, 11) is -4.64. The molecule has 0 fully saturated rings. The van der Waals surface area contributed by atoms with Gasteiger partial charge in [0.25, 0.3) is 0 Å². The summed E-state index contributed by atoms with van der Waals surface area (Å²) in [6, 6.07) is 7.27. The van der Waals surface area contributed by atoms with Crippen LogP contribution in [0.3, 0.4) is 0 Å². The second-order valence-corrected chi connectivity index (χ2v) is 9.04. The highest BCUT2D eigenvalue weighted by Crippen LogP contribution is 2.26. The third-order valence-electron chi connectivity index (χ3n) is 5.53. The molecule has 0 aliphatic rings. The maximum absolute atomic E-state index is 8.88. The zero-order valence-electron chi connectivity index (χ0n) is 18.7. The lowest BCUT2D eigenvalue weighted by Gasteiger charge is -2.19. The quantitative estimate of drug-likeness (QED) is 0.337. The Morgan fingerprint density at radius 2 is 1.32 bits per heavy atom. The predicted molar refractivity (Wildman–Crippen MR) is 119 cm³/mol. The van der Waals surface area contributed by atoms with Crippen LogP contribution in [0, 0.1) is 18.8 Å². The van der Waals surface area contributed by atoms with Gasteiger partial charge in [-0.2, -0.15) is 0 Å². The normalized spacial score (nSPS) is 13.6. The predicted octanol–water partition coefficient (Wildman–Crippen LogP) is 6.58. The van der Waals surface area contributed by atoms with Crippen molar-refractivity contribution in [3.63, 3.8) is 0 Å². The molecular formula is C23H43O4P. The number of phosphoric acid groups is 1. The monoisotopic (exact) mass is 414 g/mol. The van der Waals surface area contributed by atoms with Crippen molar-refractivity contribution >= 4 is 7.82 Å². The average Bonchev–Trinajstić information content (AvgIpc) is 2.63. The van der Waals surface area contributed by atoms with Crippen molar-refractivity contribution in [1.29, 1.82) is 0 Å². The summed E-state index contributed by atoms with van der Waals surface area (Å²) in [6.45, 7) is 11.6. The van der Waals surface area contributed by atoms with Crippen LogP contribution in [0.25, 0.3) is 0 Å². The van der Waals surface area contributed by atoms with Crippen molar-refractivity contribution in [3.8, 4) is 0 Å². The van der Waals surface area contributed by atoms with Crippen molar-refractivity contribution in [3.05, 3.63) is 34.9 Å².